The van der Waals surface area contributed by atoms with Crippen molar-refractivity contribution in [1.82, 2.24) is 15.6 Å². The molecule has 0 unspecified atom stereocenters. The first-order chi connectivity index (χ1) is 15.4. The zero-order valence-corrected chi connectivity index (χ0v) is 18.1. The van der Waals surface area contributed by atoms with E-state index in [1.165, 1.54) is 18.4 Å². The van der Waals surface area contributed by atoms with E-state index < -0.39 is 35.2 Å². The molecule has 5 rings (SSSR count). The van der Waals surface area contributed by atoms with Crippen molar-refractivity contribution >= 4 is 33.4 Å². The normalized spacial score (nSPS) is 21.5. The van der Waals surface area contributed by atoms with Gasteiger partial charge in [-0.2, -0.15) is 0 Å². The highest BCUT2D eigenvalue weighted by Crippen LogP contribution is 2.46. The third-order valence-electron chi connectivity index (χ3n) is 6.38. The molecule has 2 fully saturated rings. The molecule has 2 saturated carbocycles. The lowest BCUT2D eigenvalue weighted by Gasteiger charge is -2.24. The number of amides is 2. The van der Waals surface area contributed by atoms with E-state index in [1.807, 2.05) is 18.2 Å². The summed E-state index contributed by atoms with van der Waals surface area (Å²) in [5.41, 5.74) is 2.96. The van der Waals surface area contributed by atoms with Gasteiger partial charge in [0.15, 0.2) is 5.78 Å². The predicted octanol–water partition coefficient (Wildman–Crippen LogP) is 4.39. The Morgan fingerprint density at radius 3 is 2.66 bits per heavy atom. The number of carbonyl (C=O) groups is 2. The first-order valence-corrected chi connectivity index (χ1v) is 11.3. The van der Waals surface area contributed by atoms with Crippen molar-refractivity contribution in [3.63, 3.8) is 0 Å². The molecule has 2 aromatic carbocycles. The lowest BCUT2D eigenvalue weighted by Crippen LogP contribution is -2.49. The minimum absolute atomic E-state index is 0.0592. The summed E-state index contributed by atoms with van der Waals surface area (Å²) in [5.74, 6) is -2.53. The summed E-state index contributed by atoms with van der Waals surface area (Å²) in [6, 6.07) is 6.55. The van der Waals surface area contributed by atoms with Gasteiger partial charge < -0.3 is 15.4 Å². The molecular formula is C23H21F2N3O3S. The van der Waals surface area contributed by atoms with E-state index in [2.05, 4.69) is 15.6 Å². The molecule has 1 aromatic heterocycles. The summed E-state index contributed by atoms with van der Waals surface area (Å²) in [7, 11) is 1.32. The minimum Gasteiger partial charge on any atom is -0.497 e. The van der Waals surface area contributed by atoms with E-state index in [9.17, 15) is 18.4 Å². The molecule has 9 heteroatoms. The molecule has 2 aliphatic rings. The highest BCUT2D eigenvalue weighted by Gasteiger charge is 2.47. The first kappa shape index (κ1) is 20.8. The Labute approximate surface area is 187 Å². The molecule has 0 spiro atoms. The van der Waals surface area contributed by atoms with E-state index in [4.69, 9.17) is 4.74 Å². The number of Topliss-reactive ketones (excluding diaryl/α,β-unsaturated/α-hetero) is 1. The number of benzene rings is 2. The lowest BCUT2D eigenvalue weighted by molar-refractivity contribution is -0.119. The quantitative estimate of drug-likeness (QED) is 0.596. The van der Waals surface area contributed by atoms with Gasteiger partial charge in [-0.25, -0.2) is 18.6 Å². The van der Waals surface area contributed by atoms with Crippen LogP contribution < -0.4 is 15.4 Å². The molecule has 2 atom stereocenters. The Morgan fingerprint density at radius 1 is 1.22 bits per heavy atom. The van der Waals surface area contributed by atoms with E-state index in [0.717, 1.165) is 40.8 Å². The minimum atomic E-state index is -0.993. The average molecular weight is 458 g/mol. The van der Waals surface area contributed by atoms with Crippen molar-refractivity contribution in [2.75, 3.05) is 7.11 Å². The zero-order chi connectivity index (χ0) is 22.5. The average Bonchev–Trinajstić information content (AvgIpc) is 3.24. The van der Waals surface area contributed by atoms with Gasteiger partial charge in [0.1, 0.15) is 17.4 Å². The number of halogens is 2. The van der Waals surface area contributed by atoms with Crippen LogP contribution in [0.4, 0.5) is 13.6 Å². The van der Waals surface area contributed by atoms with Crippen LogP contribution in [0.15, 0.2) is 35.8 Å². The Hall–Kier alpha value is -3.07. The highest BCUT2D eigenvalue weighted by molar-refractivity contribution is 7.16. The Balaban J connectivity index is 1.34. The van der Waals surface area contributed by atoms with Gasteiger partial charge in [-0.15, -0.1) is 11.3 Å². The van der Waals surface area contributed by atoms with Gasteiger partial charge in [-0.05, 0) is 37.0 Å². The SMILES string of the molecule is COc1cc(F)c([C@@H]2CCC(=O)[C@H]2NC(=O)NC2(c3ccc4ncsc4c3)CC2)c(F)c1. The van der Waals surface area contributed by atoms with Crippen LogP contribution in [-0.2, 0) is 10.3 Å². The lowest BCUT2D eigenvalue weighted by atomic mass is 9.92. The van der Waals surface area contributed by atoms with E-state index in [-0.39, 0.29) is 29.9 Å². The third-order valence-corrected chi connectivity index (χ3v) is 7.18. The number of nitrogens with one attached hydrogen (secondary N) is 2. The number of hydrogen-bond donors (Lipinski definition) is 2. The summed E-state index contributed by atoms with van der Waals surface area (Å²) >= 11 is 1.53. The van der Waals surface area contributed by atoms with E-state index in [0.29, 0.717) is 0 Å². The number of fused-ring (bicyclic) bond motifs is 1. The van der Waals surface area contributed by atoms with Gasteiger partial charge in [0.2, 0.25) is 0 Å². The molecule has 2 amide bonds. The molecule has 6 nitrogen and oxygen atoms in total. The number of thiazole rings is 1. The third kappa shape index (κ3) is 3.60. The fourth-order valence-electron chi connectivity index (χ4n) is 4.53. The fourth-order valence-corrected chi connectivity index (χ4v) is 5.24. The van der Waals surface area contributed by atoms with Crippen LogP contribution >= 0.6 is 11.3 Å². The molecule has 2 N–H and O–H groups in total. The smallest absolute Gasteiger partial charge is 0.316 e. The van der Waals surface area contributed by atoms with Crippen molar-refractivity contribution in [2.24, 2.45) is 0 Å². The van der Waals surface area contributed by atoms with Gasteiger partial charge in [-0.1, -0.05) is 6.07 Å². The highest BCUT2D eigenvalue weighted by atomic mass is 32.1. The topological polar surface area (TPSA) is 80.3 Å². The van der Waals surface area contributed by atoms with Crippen molar-refractivity contribution in [1.29, 1.82) is 0 Å². The number of ether oxygens (including phenoxy) is 1. The monoisotopic (exact) mass is 457 g/mol. The number of nitrogens with zero attached hydrogens (tertiary/aromatic N) is 1. The molecular weight excluding hydrogens is 436 g/mol. The van der Waals surface area contributed by atoms with Crippen LogP contribution in [0.3, 0.4) is 0 Å². The second-order valence-corrected chi connectivity index (χ2v) is 9.20. The van der Waals surface area contributed by atoms with Crippen LogP contribution in [-0.4, -0.2) is 29.9 Å². The predicted molar refractivity (Wildman–Crippen MR) is 116 cm³/mol. The Morgan fingerprint density at radius 2 is 1.97 bits per heavy atom. The first-order valence-electron chi connectivity index (χ1n) is 10.4. The van der Waals surface area contributed by atoms with E-state index in [1.54, 1.807) is 5.51 Å². The largest absolute Gasteiger partial charge is 0.497 e. The maximum Gasteiger partial charge on any atom is 0.316 e. The maximum atomic E-state index is 14.6. The maximum absolute atomic E-state index is 14.6. The molecule has 2 aliphatic carbocycles. The number of ketones is 1. The molecule has 1 heterocycles. The second-order valence-electron chi connectivity index (χ2n) is 8.31. The van der Waals surface area contributed by atoms with Crippen molar-refractivity contribution in [3.8, 4) is 5.75 Å². The molecule has 0 saturated heterocycles. The van der Waals surface area contributed by atoms with Crippen LogP contribution in [0.5, 0.6) is 5.75 Å². The number of rotatable bonds is 5. The van der Waals surface area contributed by atoms with Crippen LogP contribution in [0, 0.1) is 11.6 Å². The number of aromatic nitrogens is 1. The van der Waals surface area contributed by atoms with Gasteiger partial charge >= 0.3 is 6.03 Å². The summed E-state index contributed by atoms with van der Waals surface area (Å²) < 4.78 is 35.2. The molecule has 0 aliphatic heterocycles. The van der Waals surface area contributed by atoms with Gasteiger partial charge in [0.05, 0.1) is 34.4 Å². The van der Waals surface area contributed by atoms with Crippen molar-refractivity contribution in [2.45, 2.75) is 43.2 Å². The molecule has 0 bridgehead atoms. The summed E-state index contributed by atoms with van der Waals surface area (Å²) in [6.45, 7) is 0. The molecule has 32 heavy (non-hydrogen) atoms. The number of methoxy groups -OCH3 is 1. The standard InChI is InChI=1S/C23H21F2N3O3S/c1-31-13-9-15(24)20(16(25)10-13)14-3-5-18(29)21(14)27-22(30)28-23(6-7-23)12-2-4-17-19(8-12)32-11-26-17/h2,4,8-11,14,21H,3,5-7H2,1H3,(H2,27,28,30)/t14-,21-/m0/s1. The number of hydrogen-bond acceptors (Lipinski definition) is 5. The van der Waals surface area contributed by atoms with Gasteiger partial charge in [-0.3, -0.25) is 4.79 Å². The van der Waals surface area contributed by atoms with Crippen LogP contribution in [0.1, 0.15) is 42.7 Å². The molecule has 3 aromatic rings. The zero-order valence-electron chi connectivity index (χ0n) is 17.3. The number of carbonyl (C=O) groups excluding carboxylic acids is 2. The summed E-state index contributed by atoms with van der Waals surface area (Å²) in [5, 5.41) is 5.67. The fraction of sp³-hybridized carbons (Fsp3) is 0.348. The number of urea groups is 1. The van der Waals surface area contributed by atoms with E-state index >= 15 is 0 Å². The summed E-state index contributed by atoms with van der Waals surface area (Å²) in [4.78, 5) is 29.6. The van der Waals surface area contributed by atoms with Gasteiger partial charge in [0.25, 0.3) is 0 Å². The van der Waals surface area contributed by atoms with Gasteiger partial charge in [0, 0.05) is 30.0 Å². The second kappa shape index (κ2) is 7.81. The Kier molecular flexibility index (Phi) is 5.08. The summed E-state index contributed by atoms with van der Waals surface area (Å²) in [6.07, 6.45) is 1.95. The van der Waals surface area contributed by atoms with Crippen LogP contribution in [0.2, 0.25) is 0 Å². The molecule has 0 radical (unpaired) electrons. The van der Waals surface area contributed by atoms with Crippen LogP contribution in [0.25, 0.3) is 10.2 Å². The Bertz CT molecular complexity index is 1200. The van der Waals surface area contributed by atoms with Crippen molar-refractivity contribution in [3.05, 3.63) is 58.6 Å². The van der Waals surface area contributed by atoms with Crippen molar-refractivity contribution < 1.29 is 23.1 Å². The molecule has 166 valence electrons.